The van der Waals surface area contributed by atoms with Crippen LogP contribution < -0.4 is 4.74 Å². The molecule has 0 aliphatic rings. The number of aliphatic hydroxyl groups is 1. The number of hydrogen-bond donors (Lipinski definition) is 1. The number of halogens is 1. The summed E-state index contributed by atoms with van der Waals surface area (Å²) < 4.78 is 11.4. The van der Waals surface area contributed by atoms with E-state index in [9.17, 15) is 5.11 Å². The zero-order chi connectivity index (χ0) is 11.9. The van der Waals surface area contributed by atoms with Crippen LogP contribution in [0.25, 0.3) is 11.0 Å². The number of ether oxygens (including phenoxy) is 1. The summed E-state index contributed by atoms with van der Waals surface area (Å²) in [6, 6.07) is 3.63. The largest absolute Gasteiger partial charge is 0.493 e. The molecule has 0 atom stereocenters. The van der Waals surface area contributed by atoms with Crippen LogP contribution in [-0.2, 0) is 5.60 Å². The van der Waals surface area contributed by atoms with E-state index in [1.165, 1.54) is 0 Å². The Morgan fingerprint density at radius 1 is 1.44 bits per heavy atom. The molecule has 3 nitrogen and oxygen atoms in total. The van der Waals surface area contributed by atoms with E-state index < -0.39 is 5.60 Å². The summed E-state index contributed by atoms with van der Waals surface area (Å²) >= 11 is 3.48. The van der Waals surface area contributed by atoms with Gasteiger partial charge in [0, 0.05) is 15.4 Å². The summed E-state index contributed by atoms with van der Waals surface area (Å²) in [5.74, 6) is 0.625. The quantitative estimate of drug-likeness (QED) is 0.919. The Labute approximate surface area is 102 Å². The lowest BCUT2D eigenvalue weighted by atomic mass is 9.97. The van der Waals surface area contributed by atoms with E-state index in [0.29, 0.717) is 11.3 Å². The number of benzene rings is 1. The van der Waals surface area contributed by atoms with Gasteiger partial charge in [-0.15, -0.1) is 0 Å². The fourth-order valence-electron chi connectivity index (χ4n) is 1.67. The molecule has 0 saturated carbocycles. The van der Waals surface area contributed by atoms with Gasteiger partial charge in [-0.05, 0) is 41.9 Å². The van der Waals surface area contributed by atoms with Crippen molar-refractivity contribution in [3.05, 3.63) is 28.4 Å². The summed E-state index contributed by atoms with van der Waals surface area (Å²) in [4.78, 5) is 0. The van der Waals surface area contributed by atoms with E-state index in [2.05, 4.69) is 15.9 Å². The van der Waals surface area contributed by atoms with E-state index in [-0.39, 0.29) is 0 Å². The minimum Gasteiger partial charge on any atom is -0.493 e. The average molecular weight is 285 g/mol. The third-order valence-electron chi connectivity index (χ3n) is 2.52. The molecule has 0 amide bonds. The van der Waals surface area contributed by atoms with Crippen LogP contribution in [0.1, 0.15) is 19.4 Å². The molecule has 0 unspecified atom stereocenters. The van der Waals surface area contributed by atoms with Gasteiger partial charge in [-0.3, -0.25) is 0 Å². The Morgan fingerprint density at radius 3 is 2.69 bits per heavy atom. The Morgan fingerprint density at radius 2 is 2.12 bits per heavy atom. The SMILES string of the molecule is COc1cc(C(C)(C)O)c(Br)c2ccoc12. The topological polar surface area (TPSA) is 42.6 Å². The molecule has 0 aliphatic carbocycles. The van der Waals surface area contributed by atoms with Crippen molar-refractivity contribution in [2.24, 2.45) is 0 Å². The molecule has 0 fully saturated rings. The maximum Gasteiger partial charge on any atom is 0.176 e. The highest BCUT2D eigenvalue weighted by Gasteiger charge is 2.23. The smallest absolute Gasteiger partial charge is 0.176 e. The van der Waals surface area contributed by atoms with Crippen molar-refractivity contribution in [1.29, 1.82) is 0 Å². The highest BCUT2D eigenvalue weighted by molar-refractivity contribution is 9.10. The molecule has 4 heteroatoms. The van der Waals surface area contributed by atoms with Crippen LogP contribution in [0, 0.1) is 0 Å². The molecule has 1 N–H and O–H groups in total. The van der Waals surface area contributed by atoms with Gasteiger partial charge in [-0.2, -0.15) is 0 Å². The first-order valence-electron chi connectivity index (χ1n) is 4.91. The number of rotatable bonds is 2. The van der Waals surface area contributed by atoms with Crippen molar-refractivity contribution in [2.45, 2.75) is 19.4 Å². The van der Waals surface area contributed by atoms with Crippen molar-refractivity contribution in [2.75, 3.05) is 7.11 Å². The lowest BCUT2D eigenvalue weighted by molar-refractivity contribution is 0.0777. The minimum atomic E-state index is -0.933. The van der Waals surface area contributed by atoms with Gasteiger partial charge < -0.3 is 14.3 Å². The van der Waals surface area contributed by atoms with Crippen LogP contribution in [0.15, 0.2) is 27.3 Å². The van der Waals surface area contributed by atoms with Crippen molar-refractivity contribution in [1.82, 2.24) is 0 Å². The molecule has 0 radical (unpaired) electrons. The summed E-state index contributed by atoms with van der Waals surface area (Å²) in [6.45, 7) is 3.47. The molecule has 1 aromatic carbocycles. The number of methoxy groups -OCH3 is 1. The summed E-state index contributed by atoms with van der Waals surface area (Å²) in [5.41, 5.74) is 0.526. The lowest BCUT2D eigenvalue weighted by Crippen LogP contribution is -2.16. The van der Waals surface area contributed by atoms with Gasteiger partial charge >= 0.3 is 0 Å². The molecule has 0 bridgehead atoms. The summed E-state index contributed by atoms with van der Waals surface area (Å²) in [7, 11) is 1.58. The van der Waals surface area contributed by atoms with Crippen molar-refractivity contribution in [3.8, 4) is 5.75 Å². The van der Waals surface area contributed by atoms with Crippen LogP contribution in [0.3, 0.4) is 0 Å². The van der Waals surface area contributed by atoms with E-state index in [0.717, 1.165) is 15.4 Å². The highest BCUT2D eigenvalue weighted by atomic mass is 79.9. The molecule has 1 heterocycles. The maximum atomic E-state index is 10.1. The fraction of sp³-hybridized carbons (Fsp3) is 0.333. The third kappa shape index (κ3) is 1.72. The standard InChI is InChI=1S/C12H13BrO3/c1-12(2,14)8-6-9(15-3)11-7(10(8)13)4-5-16-11/h4-6,14H,1-3H3. The molecule has 2 aromatic rings. The van der Waals surface area contributed by atoms with Crippen molar-refractivity contribution in [3.63, 3.8) is 0 Å². The normalized spacial score (nSPS) is 12.1. The Bertz CT molecular complexity index is 523. The van der Waals surface area contributed by atoms with Gasteiger partial charge in [0.1, 0.15) is 0 Å². The number of fused-ring (bicyclic) bond motifs is 1. The predicted octanol–water partition coefficient (Wildman–Crippen LogP) is 3.43. The van der Waals surface area contributed by atoms with Gasteiger partial charge in [0.05, 0.1) is 19.0 Å². The Kier molecular flexibility index (Phi) is 2.72. The molecule has 0 spiro atoms. The second-order valence-electron chi connectivity index (χ2n) is 4.16. The summed E-state index contributed by atoms with van der Waals surface area (Å²) in [6.07, 6.45) is 1.60. The monoisotopic (exact) mass is 284 g/mol. The highest BCUT2D eigenvalue weighted by Crippen LogP contribution is 2.39. The number of hydrogen-bond acceptors (Lipinski definition) is 3. The maximum absolute atomic E-state index is 10.1. The second-order valence-corrected chi connectivity index (χ2v) is 4.96. The second kappa shape index (κ2) is 3.79. The predicted molar refractivity (Wildman–Crippen MR) is 65.7 cm³/mol. The van der Waals surface area contributed by atoms with Gasteiger partial charge in [0.2, 0.25) is 0 Å². The van der Waals surface area contributed by atoms with Crippen LogP contribution in [0.2, 0.25) is 0 Å². The van der Waals surface area contributed by atoms with Gasteiger partial charge in [0.15, 0.2) is 11.3 Å². The molecule has 2 rings (SSSR count). The first kappa shape index (κ1) is 11.5. The molecule has 1 aromatic heterocycles. The van der Waals surface area contributed by atoms with E-state index in [4.69, 9.17) is 9.15 Å². The Hall–Kier alpha value is -1.00. The van der Waals surface area contributed by atoms with Crippen molar-refractivity contribution >= 4 is 26.9 Å². The first-order chi connectivity index (χ1) is 7.45. The minimum absolute atomic E-state index is 0.625. The van der Waals surface area contributed by atoms with Gasteiger partial charge in [-0.1, -0.05) is 0 Å². The molecular weight excluding hydrogens is 272 g/mol. The van der Waals surface area contributed by atoms with Crippen LogP contribution >= 0.6 is 15.9 Å². The lowest BCUT2D eigenvalue weighted by Gasteiger charge is -2.20. The zero-order valence-electron chi connectivity index (χ0n) is 9.37. The van der Waals surface area contributed by atoms with Crippen LogP contribution in [0.5, 0.6) is 5.75 Å². The van der Waals surface area contributed by atoms with Gasteiger partial charge in [0.25, 0.3) is 0 Å². The molecule has 0 saturated heterocycles. The third-order valence-corrected chi connectivity index (χ3v) is 3.37. The van der Waals surface area contributed by atoms with E-state index >= 15 is 0 Å². The van der Waals surface area contributed by atoms with E-state index in [1.54, 1.807) is 33.3 Å². The zero-order valence-corrected chi connectivity index (χ0v) is 11.0. The van der Waals surface area contributed by atoms with Gasteiger partial charge in [-0.25, -0.2) is 0 Å². The molecule has 16 heavy (non-hydrogen) atoms. The molecular formula is C12H13BrO3. The first-order valence-corrected chi connectivity index (χ1v) is 5.71. The van der Waals surface area contributed by atoms with E-state index in [1.807, 2.05) is 6.07 Å². The summed E-state index contributed by atoms with van der Waals surface area (Å²) in [5, 5.41) is 11.0. The molecule has 86 valence electrons. The fourth-order valence-corrected chi connectivity index (χ4v) is 2.59. The Balaban J connectivity index is 2.81. The van der Waals surface area contributed by atoms with Crippen molar-refractivity contribution < 1.29 is 14.3 Å². The molecule has 0 aliphatic heterocycles. The average Bonchev–Trinajstić information content (AvgIpc) is 2.65. The number of furan rings is 1. The van der Waals surface area contributed by atoms with Crippen LogP contribution in [0.4, 0.5) is 0 Å². The van der Waals surface area contributed by atoms with Crippen LogP contribution in [-0.4, -0.2) is 12.2 Å².